The molecule has 1 fully saturated rings. The highest BCUT2D eigenvalue weighted by atomic mass is 35.5. The Morgan fingerprint density at radius 1 is 1.08 bits per heavy atom. The summed E-state index contributed by atoms with van der Waals surface area (Å²) >= 11 is 6.10. The van der Waals surface area contributed by atoms with Crippen LogP contribution in [0.25, 0.3) is 0 Å². The van der Waals surface area contributed by atoms with E-state index in [1.54, 1.807) is 0 Å². The predicted molar refractivity (Wildman–Crippen MR) is 99.8 cm³/mol. The van der Waals surface area contributed by atoms with E-state index in [2.05, 4.69) is 41.4 Å². The minimum Gasteiger partial charge on any atom is -0.377 e. The molecule has 0 saturated carbocycles. The normalized spacial score (nSPS) is 15.9. The van der Waals surface area contributed by atoms with Gasteiger partial charge in [0.05, 0.1) is 11.4 Å². The smallest absolute Gasteiger partial charge is 0.209 e. The third-order valence-electron chi connectivity index (χ3n) is 4.43. The van der Waals surface area contributed by atoms with Crippen molar-refractivity contribution in [2.24, 2.45) is 0 Å². The summed E-state index contributed by atoms with van der Waals surface area (Å²) in [5.74, 6) is 0. The van der Waals surface area contributed by atoms with Crippen LogP contribution in [-0.2, 0) is 4.79 Å². The molecule has 3 rings (SSSR count). The van der Waals surface area contributed by atoms with Crippen molar-refractivity contribution in [1.29, 1.82) is 0 Å². The van der Waals surface area contributed by atoms with E-state index in [0.29, 0.717) is 0 Å². The number of amides is 1. The molecule has 1 amide bonds. The fraction of sp³-hybridized carbons (Fsp3) is 0.316. The Morgan fingerprint density at radius 2 is 1.83 bits per heavy atom. The number of benzene rings is 2. The number of nitrogens with zero attached hydrogens (tertiary/aromatic N) is 2. The van der Waals surface area contributed by atoms with Crippen LogP contribution in [-0.4, -0.2) is 37.5 Å². The first-order chi connectivity index (χ1) is 11.7. The lowest BCUT2D eigenvalue weighted by molar-refractivity contribution is -0.118. The van der Waals surface area contributed by atoms with Crippen molar-refractivity contribution in [2.75, 3.05) is 36.4 Å². The average Bonchev–Trinajstić information content (AvgIpc) is 2.62. The summed E-state index contributed by atoms with van der Waals surface area (Å²) in [7, 11) is 0. The summed E-state index contributed by atoms with van der Waals surface area (Å²) in [4.78, 5) is 15.0. The number of hydrogen-bond acceptors (Lipinski definition) is 3. The molecule has 0 aromatic heterocycles. The molecule has 24 heavy (non-hydrogen) atoms. The van der Waals surface area contributed by atoms with Crippen molar-refractivity contribution in [3.63, 3.8) is 0 Å². The molecule has 1 N–H and O–H groups in total. The average molecular weight is 344 g/mol. The second-order valence-corrected chi connectivity index (χ2v) is 6.50. The van der Waals surface area contributed by atoms with Crippen molar-refractivity contribution < 1.29 is 4.79 Å². The van der Waals surface area contributed by atoms with Crippen LogP contribution in [0.2, 0.25) is 5.02 Å². The molecule has 1 unspecified atom stereocenters. The molecule has 1 aliphatic rings. The zero-order valence-corrected chi connectivity index (χ0v) is 14.5. The fourth-order valence-electron chi connectivity index (χ4n) is 3.03. The van der Waals surface area contributed by atoms with Gasteiger partial charge in [0.2, 0.25) is 6.41 Å². The van der Waals surface area contributed by atoms with Gasteiger partial charge in [0.1, 0.15) is 0 Å². The van der Waals surface area contributed by atoms with Crippen LogP contribution in [0.15, 0.2) is 48.5 Å². The number of carbonyl (C=O) groups excluding carboxylic acids is 1. The zero-order chi connectivity index (χ0) is 16.9. The highest BCUT2D eigenvalue weighted by molar-refractivity contribution is 6.30. The van der Waals surface area contributed by atoms with E-state index in [-0.39, 0.29) is 6.04 Å². The Labute approximate surface area is 148 Å². The minimum absolute atomic E-state index is 0.154. The number of hydrogen-bond donors (Lipinski definition) is 1. The van der Waals surface area contributed by atoms with Crippen molar-refractivity contribution in [2.45, 2.75) is 13.0 Å². The number of piperazine rings is 1. The van der Waals surface area contributed by atoms with E-state index in [0.717, 1.165) is 48.9 Å². The first-order valence-electron chi connectivity index (χ1n) is 8.22. The predicted octanol–water partition coefficient (Wildman–Crippen LogP) is 3.79. The van der Waals surface area contributed by atoms with Crippen LogP contribution < -0.4 is 10.2 Å². The van der Waals surface area contributed by atoms with Gasteiger partial charge in [-0.1, -0.05) is 35.9 Å². The molecule has 1 saturated heterocycles. The Morgan fingerprint density at radius 3 is 2.54 bits per heavy atom. The molecule has 0 radical (unpaired) electrons. The highest BCUT2D eigenvalue weighted by Crippen LogP contribution is 2.30. The van der Waals surface area contributed by atoms with Crippen molar-refractivity contribution in [3.8, 4) is 0 Å². The van der Waals surface area contributed by atoms with Crippen molar-refractivity contribution >= 4 is 29.4 Å². The minimum atomic E-state index is 0.154. The molecule has 1 aliphatic heterocycles. The molecule has 1 atom stereocenters. The van der Waals surface area contributed by atoms with Crippen LogP contribution >= 0.6 is 11.6 Å². The lowest BCUT2D eigenvalue weighted by Gasteiger charge is -2.35. The molecule has 126 valence electrons. The largest absolute Gasteiger partial charge is 0.377 e. The Hall–Kier alpha value is -2.20. The van der Waals surface area contributed by atoms with E-state index in [1.165, 1.54) is 5.69 Å². The van der Waals surface area contributed by atoms with Crippen LogP contribution in [0.3, 0.4) is 0 Å². The summed E-state index contributed by atoms with van der Waals surface area (Å²) in [6, 6.07) is 16.4. The van der Waals surface area contributed by atoms with Gasteiger partial charge in [0.15, 0.2) is 0 Å². The van der Waals surface area contributed by atoms with Gasteiger partial charge in [-0.25, -0.2) is 0 Å². The maximum Gasteiger partial charge on any atom is 0.209 e. The summed E-state index contributed by atoms with van der Waals surface area (Å²) in [6.45, 7) is 5.36. The second kappa shape index (κ2) is 7.58. The Balaban J connectivity index is 1.76. The van der Waals surface area contributed by atoms with Gasteiger partial charge in [-0.2, -0.15) is 0 Å². The van der Waals surface area contributed by atoms with Crippen molar-refractivity contribution in [1.82, 2.24) is 4.90 Å². The van der Waals surface area contributed by atoms with Gasteiger partial charge in [-0.3, -0.25) is 4.79 Å². The monoisotopic (exact) mass is 343 g/mol. The van der Waals surface area contributed by atoms with E-state index in [1.807, 2.05) is 29.2 Å². The summed E-state index contributed by atoms with van der Waals surface area (Å²) in [5, 5.41) is 4.34. The molecule has 2 aromatic rings. The topological polar surface area (TPSA) is 35.6 Å². The highest BCUT2D eigenvalue weighted by Gasteiger charge is 2.18. The van der Waals surface area contributed by atoms with E-state index < -0.39 is 0 Å². The van der Waals surface area contributed by atoms with E-state index >= 15 is 0 Å². The maximum atomic E-state index is 10.9. The molecule has 0 aliphatic carbocycles. The molecule has 4 nitrogen and oxygen atoms in total. The molecule has 0 spiro atoms. The van der Waals surface area contributed by atoms with Crippen LogP contribution in [0.5, 0.6) is 0 Å². The molecule has 0 bridgehead atoms. The Kier molecular flexibility index (Phi) is 5.26. The quantitative estimate of drug-likeness (QED) is 0.839. The van der Waals surface area contributed by atoms with Crippen LogP contribution in [0, 0.1) is 0 Å². The van der Waals surface area contributed by atoms with Crippen molar-refractivity contribution in [3.05, 3.63) is 59.1 Å². The molecular formula is C19H22ClN3O. The first-order valence-corrected chi connectivity index (χ1v) is 8.60. The standard InChI is InChI=1S/C19H22ClN3O/c1-15(16-5-4-6-17(20)13-16)21-18-7-2-3-8-19(18)23-11-9-22(14-24)10-12-23/h2-8,13-15,21H,9-12H2,1H3. The third kappa shape index (κ3) is 3.82. The Bertz CT molecular complexity index is 699. The first kappa shape index (κ1) is 16.7. The molecule has 5 heteroatoms. The number of anilines is 2. The number of rotatable bonds is 5. The lowest BCUT2D eigenvalue weighted by atomic mass is 10.1. The summed E-state index contributed by atoms with van der Waals surface area (Å²) in [5.41, 5.74) is 3.43. The van der Waals surface area contributed by atoms with Crippen LogP contribution in [0.1, 0.15) is 18.5 Å². The number of carbonyl (C=O) groups is 1. The number of para-hydroxylation sites is 2. The summed E-state index contributed by atoms with van der Waals surface area (Å²) < 4.78 is 0. The molecular weight excluding hydrogens is 322 g/mol. The fourth-order valence-corrected chi connectivity index (χ4v) is 3.23. The third-order valence-corrected chi connectivity index (χ3v) is 4.66. The van der Waals surface area contributed by atoms with E-state index in [9.17, 15) is 4.79 Å². The van der Waals surface area contributed by atoms with Gasteiger partial charge in [-0.15, -0.1) is 0 Å². The SMILES string of the molecule is CC(Nc1ccccc1N1CCN(C=O)CC1)c1cccc(Cl)c1. The number of nitrogens with one attached hydrogen (secondary N) is 1. The maximum absolute atomic E-state index is 10.9. The zero-order valence-electron chi connectivity index (χ0n) is 13.8. The van der Waals surface area contributed by atoms with Gasteiger partial charge >= 0.3 is 0 Å². The lowest BCUT2D eigenvalue weighted by Crippen LogP contribution is -2.45. The molecule has 1 heterocycles. The van der Waals surface area contributed by atoms with Gasteiger partial charge in [0, 0.05) is 37.2 Å². The molecule has 2 aromatic carbocycles. The number of halogens is 1. The van der Waals surface area contributed by atoms with Crippen LogP contribution in [0.4, 0.5) is 11.4 Å². The summed E-state index contributed by atoms with van der Waals surface area (Å²) in [6.07, 6.45) is 0.933. The van der Waals surface area contributed by atoms with E-state index in [4.69, 9.17) is 11.6 Å². The van der Waals surface area contributed by atoms with Gasteiger partial charge in [-0.05, 0) is 36.8 Å². The van der Waals surface area contributed by atoms with Gasteiger partial charge in [0.25, 0.3) is 0 Å². The second-order valence-electron chi connectivity index (χ2n) is 6.07. The van der Waals surface area contributed by atoms with Gasteiger partial charge < -0.3 is 15.1 Å².